The molecule has 1 aliphatic rings. The molecule has 0 bridgehead atoms. The van der Waals surface area contributed by atoms with Crippen molar-refractivity contribution < 1.29 is 4.79 Å². The van der Waals surface area contributed by atoms with Crippen LogP contribution in [0.2, 0.25) is 0 Å². The van der Waals surface area contributed by atoms with E-state index >= 15 is 0 Å². The summed E-state index contributed by atoms with van der Waals surface area (Å²) in [5, 5.41) is 3.18. The van der Waals surface area contributed by atoms with Gasteiger partial charge in [-0.1, -0.05) is 26.7 Å². The van der Waals surface area contributed by atoms with E-state index in [1.807, 2.05) is 7.05 Å². The Morgan fingerprint density at radius 3 is 2.88 bits per heavy atom. The predicted octanol–water partition coefficient (Wildman–Crippen LogP) is 2.27. The van der Waals surface area contributed by atoms with Gasteiger partial charge in [-0.05, 0) is 38.3 Å². The van der Waals surface area contributed by atoms with Crippen LogP contribution in [0.15, 0.2) is 0 Å². The van der Waals surface area contributed by atoms with Gasteiger partial charge in [-0.3, -0.25) is 4.79 Å². The zero-order chi connectivity index (χ0) is 12.7. The highest BCUT2D eigenvalue weighted by Crippen LogP contribution is 2.22. The van der Waals surface area contributed by atoms with Crippen LogP contribution < -0.4 is 5.32 Å². The van der Waals surface area contributed by atoms with Crippen molar-refractivity contribution in [3.63, 3.8) is 0 Å². The molecule has 1 saturated heterocycles. The summed E-state index contributed by atoms with van der Waals surface area (Å²) < 4.78 is 0. The quantitative estimate of drug-likeness (QED) is 0.772. The minimum atomic E-state index is 0.367. The van der Waals surface area contributed by atoms with Crippen LogP contribution in [0.25, 0.3) is 0 Å². The minimum Gasteiger partial charge on any atom is -0.342 e. The van der Waals surface area contributed by atoms with Gasteiger partial charge >= 0.3 is 0 Å². The maximum Gasteiger partial charge on any atom is 0.222 e. The van der Waals surface area contributed by atoms with Crippen molar-refractivity contribution in [1.29, 1.82) is 0 Å². The third-order valence-electron chi connectivity index (χ3n) is 3.71. The van der Waals surface area contributed by atoms with Crippen molar-refractivity contribution in [2.75, 3.05) is 26.7 Å². The van der Waals surface area contributed by atoms with Gasteiger partial charge in [0.1, 0.15) is 0 Å². The molecule has 3 heteroatoms. The van der Waals surface area contributed by atoms with Crippen molar-refractivity contribution in [2.24, 2.45) is 11.8 Å². The number of hydrogen-bond acceptors (Lipinski definition) is 2. The summed E-state index contributed by atoms with van der Waals surface area (Å²) in [4.78, 5) is 14.1. The number of likely N-dealkylation sites (tertiary alicyclic amines) is 1. The highest BCUT2D eigenvalue weighted by molar-refractivity contribution is 5.76. The fourth-order valence-corrected chi connectivity index (χ4v) is 2.77. The van der Waals surface area contributed by atoms with E-state index in [0.29, 0.717) is 11.8 Å². The van der Waals surface area contributed by atoms with Gasteiger partial charge in [-0.25, -0.2) is 0 Å². The third-order valence-corrected chi connectivity index (χ3v) is 3.71. The normalized spacial score (nSPS) is 23.6. The second-order valence-corrected chi connectivity index (χ2v) is 5.48. The monoisotopic (exact) mass is 240 g/mol. The second kappa shape index (κ2) is 7.70. The van der Waals surface area contributed by atoms with Gasteiger partial charge in [-0.15, -0.1) is 0 Å². The summed E-state index contributed by atoms with van der Waals surface area (Å²) in [6.45, 7) is 7.32. The number of nitrogens with zero attached hydrogens (tertiary/aromatic N) is 1. The molecule has 3 nitrogen and oxygen atoms in total. The maximum absolute atomic E-state index is 12.0. The largest absolute Gasteiger partial charge is 0.342 e. The van der Waals surface area contributed by atoms with Gasteiger partial charge in [0.05, 0.1) is 0 Å². The van der Waals surface area contributed by atoms with E-state index in [2.05, 4.69) is 24.1 Å². The molecule has 2 unspecified atom stereocenters. The van der Waals surface area contributed by atoms with Gasteiger partial charge in [0.25, 0.3) is 0 Å². The first kappa shape index (κ1) is 14.5. The maximum atomic E-state index is 12.0. The SMILES string of the molecule is CCCC1CCC(=O)N(CC(C)CNC)CC1. The average Bonchev–Trinajstić information content (AvgIpc) is 2.45. The number of hydrogen-bond donors (Lipinski definition) is 1. The molecule has 1 N–H and O–H groups in total. The van der Waals surface area contributed by atoms with E-state index in [0.717, 1.165) is 38.4 Å². The van der Waals surface area contributed by atoms with Crippen LogP contribution in [0, 0.1) is 11.8 Å². The van der Waals surface area contributed by atoms with Crippen LogP contribution in [0.4, 0.5) is 0 Å². The lowest BCUT2D eigenvalue weighted by Gasteiger charge is -2.24. The van der Waals surface area contributed by atoms with E-state index in [-0.39, 0.29) is 0 Å². The van der Waals surface area contributed by atoms with Crippen LogP contribution in [0.3, 0.4) is 0 Å². The van der Waals surface area contributed by atoms with Crippen LogP contribution in [0.5, 0.6) is 0 Å². The first-order chi connectivity index (χ1) is 8.17. The molecule has 1 aliphatic heterocycles. The summed E-state index contributed by atoms with van der Waals surface area (Å²) in [7, 11) is 1.97. The van der Waals surface area contributed by atoms with Gasteiger partial charge in [0.15, 0.2) is 0 Å². The lowest BCUT2D eigenvalue weighted by atomic mass is 9.96. The fraction of sp³-hybridized carbons (Fsp3) is 0.929. The summed E-state index contributed by atoms with van der Waals surface area (Å²) in [6, 6.07) is 0. The zero-order valence-corrected chi connectivity index (χ0v) is 11.7. The first-order valence-electron chi connectivity index (χ1n) is 7.09. The van der Waals surface area contributed by atoms with Crippen molar-refractivity contribution in [3.8, 4) is 0 Å². The first-order valence-corrected chi connectivity index (χ1v) is 7.09. The molecule has 1 rings (SSSR count). The lowest BCUT2D eigenvalue weighted by molar-refractivity contribution is -0.131. The Balaban J connectivity index is 2.41. The number of carbonyl (C=O) groups is 1. The average molecular weight is 240 g/mol. The molecule has 1 heterocycles. The Morgan fingerprint density at radius 1 is 1.47 bits per heavy atom. The Morgan fingerprint density at radius 2 is 2.24 bits per heavy atom. The molecule has 0 aromatic heterocycles. The van der Waals surface area contributed by atoms with E-state index in [1.54, 1.807) is 0 Å². The molecule has 100 valence electrons. The number of carbonyl (C=O) groups excluding carboxylic acids is 1. The van der Waals surface area contributed by atoms with E-state index in [4.69, 9.17) is 0 Å². The standard InChI is InChI=1S/C14H28N2O/c1-4-5-13-6-7-14(17)16(9-8-13)11-12(2)10-15-3/h12-13,15H,4-11H2,1-3H3. The summed E-state index contributed by atoms with van der Waals surface area (Å²) in [6.07, 6.45) is 5.59. The molecule has 0 aromatic rings. The Kier molecular flexibility index (Phi) is 6.56. The van der Waals surface area contributed by atoms with Crippen LogP contribution in [0.1, 0.15) is 46.0 Å². The van der Waals surface area contributed by atoms with Crippen molar-refractivity contribution >= 4 is 5.91 Å². The molecular weight excluding hydrogens is 212 g/mol. The lowest BCUT2D eigenvalue weighted by Crippen LogP contribution is -2.36. The molecule has 0 radical (unpaired) electrons. The molecule has 1 fully saturated rings. The van der Waals surface area contributed by atoms with Crippen molar-refractivity contribution in [3.05, 3.63) is 0 Å². The Labute approximate surface area is 106 Å². The molecule has 2 atom stereocenters. The van der Waals surface area contributed by atoms with Crippen molar-refractivity contribution in [2.45, 2.75) is 46.0 Å². The number of rotatable bonds is 6. The Bertz CT molecular complexity index is 230. The molecule has 17 heavy (non-hydrogen) atoms. The second-order valence-electron chi connectivity index (χ2n) is 5.48. The smallest absolute Gasteiger partial charge is 0.222 e. The molecule has 1 amide bonds. The van der Waals surface area contributed by atoms with E-state index in [1.165, 1.54) is 19.3 Å². The fourth-order valence-electron chi connectivity index (χ4n) is 2.77. The van der Waals surface area contributed by atoms with Crippen molar-refractivity contribution in [1.82, 2.24) is 10.2 Å². The minimum absolute atomic E-state index is 0.367. The highest BCUT2D eigenvalue weighted by Gasteiger charge is 2.22. The topological polar surface area (TPSA) is 32.3 Å². The summed E-state index contributed by atoms with van der Waals surface area (Å²) in [5.41, 5.74) is 0. The number of nitrogens with one attached hydrogen (secondary N) is 1. The summed E-state index contributed by atoms with van der Waals surface area (Å²) >= 11 is 0. The molecular formula is C14H28N2O. The molecule has 0 aromatic carbocycles. The van der Waals surface area contributed by atoms with E-state index < -0.39 is 0 Å². The van der Waals surface area contributed by atoms with Crippen LogP contribution in [-0.4, -0.2) is 37.5 Å². The van der Waals surface area contributed by atoms with Crippen LogP contribution >= 0.6 is 0 Å². The molecule has 0 saturated carbocycles. The Hall–Kier alpha value is -0.570. The van der Waals surface area contributed by atoms with Gasteiger partial charge in [0, 0.05) is 19.5 Å². The number of amides is 1. The highest BCUT2D eigenvalue weighted by atomic mass is 16.2. The van der Waals surface area contributed by atoms with Crippen LogP contribution in [-0.2, 0) is 4.79 Å². The van der Waals surface area contributed by atoms with E-state index in [9.17, 15) is 4.79 Å². The van der Waals surface area contributed by atoms with Gasteiger partial charge < -0.3 is 10.2 Å². The summed E-state index contributed by atoms with van der Waals surface area (Å²) in [5.74, 6) is 1.69. The molecule has 0 spiro atoms. The van der Waals surface area contributed by atoms with Gasteiger partial charge in [0.2, 0.25) is 5.91 Å². The zero-order valence-electron chi connectivity index (χ0n) is 11.7. The predicted molar refractivity (Wildman–Crippen MR) is 71.9 cm³/mol. The molecule has 0 aliphatic carbocycles. The third kappa shape index (κ3) is 5.07. The van der Waals surface area contributed by atoms with Gasteiger partial charge in [-0.2, -0.15) is 0 Å².